The number of rotatable bonds is 4. The molecule has 0 saturated heterocycles. The summed E-state index contributed by atoms with van der Waals surface area (Å²) in [5.74, 6) is 0.597. The van der Waals surface area contributed by atoms with Gasteiger partial charge in [-0.3, -0.25) is 4.79 Å². The normalized spacial score (nSPS) is 28.0. The van der Waals surface area contributed by atoms with Crippen LogP contribution in [0.2, 0.25) is 0 Å². The first-order valence-corrected chi connectivity index (χ1v) is 7.44. The molecule has 0 amide bonds. The molecule has 0 aromatic carbocycles. The van der Waals surface area contributed by atoms with E-state index < -0.39 is 5.41 Å². The highest BCUT2D eigenvalue weighted by atomic mass is 32.1. The molecule has 0 atom stereocenters. The van der Waals surface area contributed by atoms with Crippen molar-refractivity contribution in [3.63, 3.8) is 0 Å². The Kier molecular flexibility index (Phi) is 4.40. The van der Waals surface area contributed by atoms with Gasteiger partial charge in [-0.05, 0) is 43.0 Å². The Balaban J connectivity index is 1.93. The van der Waals surface area contributed by atoms with Crippen molar-refractivity contribution in [3.8, 4) is 0 Å². The van der Waals surface area contributed by atoms with Crippen molar-refractivity contribution in [3.05, 3.63) is 22.4 Å². The Morgan fingerprint density at radius 2 is 2.28 bits per heavy atom. The second kappa shape index (κ2) is 5.85. The number of hydrogen-bond acceptors (Lipinski definition) is 4. The van der Waals surface area contributed by atoms with E-state index in [1.54, 1.807) is 11.3 Å². The minimum Gasteiger partial charge on any atom is -0.460 e. The van der Waals surface area contributed by atoms with Crippen LogP contribution < -0.4 is 5.73 Å². The minimum atomic E-state index is -0.427. The first kappa shape index (κ1) is 13.6. The van der Waals surface area contributed by atoms with Crippen molar-refractivity contribution in [2.75, 3.05) is 6.54 Å². The molecule has 2 N–H and O–H groups in total. The lowest BCUT2D eigenvalue weighted by Crippen LogP contribution is -2.42. The lowest BCUT2D eigenvalue weighted by molar-refractivity contribution is -0.159. The van der Waals surface area contributed by atoms with E-state index in [-0.39, 0.29) is 5.97 Å². The zero-order valence-electron chi connectivity index (χ0n) is 10.9. The Morgan fingerprint density at radius 3 is 2.83 bits per heavy atom. The average molecular weight is 267 g/mol. The monoisotopic (exact) mass is 267 g/mol. The molecule has 0 aliphatic heterocycles. The molecule has 1 heterocycles. The van der Waals surface area contributed by atoms with Crippen LogP contribution in [-0.2, 0) is 16.1 Å². The summed E-state index contributed by atoms with van der Waals surface area (Å²) in [5, 5.41) is 1.99. The van der Waals surface area contributed by atoms with Crippen LogP contribution in [0.4, 0.5) is 0 Å². The molecule has 1 aromatic rings. The van der Waals surface area contributed by atoms with Crippen LogP contribution in [0.25, 0.3) is 0 Å². The van der Waals surface area contributed by atoms with E-state index in [0.29, 0.717) is 19.1 Å². The Labute approximate surface area is 112 Å². The Morgan fingerprint density at radius 1 is 1.56 bits per heavy atom. The molecule has 18 heavy (non-hydrogen) atoms. The summed E-state index contributed by atoms with van der Waals surface area (Å²) >= 11 is 1.61. The average Bonchev–Trinajstić information content (AvgIpc) is 2.90. The van der Waals surface area contributed by atoms with Crippen LogP contribution >= 0.6 is 11.3 Å². The first-order valence-electron chi connectivity index (χ1n) is 6.56. The van der Waals surface area contributed by atoms with E-state index >= 15 is 0 Å². The van der Waals surface area contributed by atoms with Gasteiger partial charge in [-0.25, -0.2) is 0 Å². The van der Waals surface area contributed by atoms with Crippen molar-refractivity contribution >= 4 is 17.3 Å². The quantitative estimate of drug-likeness (QED) is 0.853. The standard InChI is InChI=1S/C14H21NO2S/c1-11-4-6-14(10-15,7-5-11)13(16)17-9-12-3-2-8-18-12/h2-3,8,11H,4-7,9-10,15H2,1H3. The van der Waals surface area contributed by atoms with Gasteiger partial charge in [0, 0.05) is 11.4 Å². The van der Waals surface area contributed by atoms with Crippen LogP contribution in [-0.4, -0.2) is 12.5 Å². The SMILES string of the molecule is CC1CCC(CN)(C(=O)OCc2cccs2)CC1. The molecule has 1 saturated carbocycles. The van der Waals surface area contributed by atoms with E-state index in [1.165, 1.54) is 0 Å². The smallest absolute Gasteiger partial charge is 0.313 e. The molecular weight excluding hydrogens is 246 g/mol. The fourth-order valence-corrected chi connectivity index (χ4v) is 3.11. The first-order chi connectivity index (χ1) is 8.66. The highest BCUT2D eigenvalue weighted by Crippen LogP contribution is 2.39. The molecule has 1 fully saturated rings. The predicted octanol–water partition coefficient (Wildman–Crippen LogP) is 2.95. The summed E-state index contributed by atoms with van der Waals surface area (Å²) in [4.78, 5) is 13.3. The molecule has 4 heteroatoms. The van der Waals surface area contributed by atoms with Crippen molar-refractivity contribution < 1.29 is 9.53 Å². The van der Waals surface area contributed by atoms with Gasteiger partial charge in [-0.1, -0.05) is 13.0 Å². The van der Waals surface area contributed by atoms with Crippen LogP contribution in [0.5, 0.6) is 0 Å². The zero-order chi connectivity index (χ0) is 13.0. The largest absolute Gasteiger partial charge is 0.460 e. The number of hydrogen-bond donors (Lipinski definition) is 1. The minimum absolute atomic E-state index is 0.106. The summed E-state index contributed by atoms with van der Waals surface area (Å²) in [6, 6.07) is 3.95. The summed E-state index contributed by atoms with van der Waals surface area (Å²) in [5.41, 5.74) is 5.41. The van der Waals surface area contributed by atoms with Crippen molar-refractivity contribution in [2.24, 2.45) is 17.1 Å². The summed E-state index contributed by atoms with van der Waals surface area (Å²) in [6.45, 7) is 3.02. The number of nitrogens with two attached hydrogens (primary N) is 1. The van der Waals surface area contributed by atoms with Gasteiger partial charge in [0.15, 0.2) is 0 Å². The van der Waals surface area contributed by atoms with Gasteiger partial charge < -0.3 is 10.5 Å². The van der Waals surface area contributed by atoms with E-state index in [2.05, 4.69) is 6.92 Å². The van der Waals surface area contributed by atoms with Crippen molar-refractivity contribution in [1.29, 1.82) is 0 Å². The fourth-order valence-electron chi connectivity index (χ4n) is 2.49. The maximum atomic E-state index is 12.3. The third-order valence-electron chi connectivity index (χ3n) is 3.98. The van der Waals surface area contributed by atoms with E-state index in [4.69, 9.17) is 10.5 Å². The Hall–Kier alpha value is -0.870. The molecule has 0 unspecified atom stereocenters. The third-order valence-corrected chi connectivity index (χ3v) is 4.83. The van der Waals surface area contributed by atoms with E-state index in [9.17, 15) is 4.79 Å². The molecular formula is C14H21NO2S. The summed E-state index contributed by atoms with van der Waals surface area (Å²) in [7, 11) is 0. The molecule has 1 aromatic heterocycles. The third kappa shape index (κ3) is 2.93. The van der Waals surface area contributed by atoms with Crippen molar-refractivity contribution in [2.45, 2.75) is 39.2 Å². The Bertz CT molecular complexity index is 381. The fraction of sp³-hybridized carbons (Fsp3) is 0.643. The van der Waals surface area contributed by atoms with Crippen LogP contribution in [0.3, 0.4) is 0 Å². The van der Waals surface area contributed by atoms with Gasteiger partial charge in [0.05, 0.1) is 5.41 Å². The summed E-state index contributed by atoms with van der Waals surface area (Å²) < 4.78 is 5.45. The highest BCUT2D eigenvalue weighted by Gasteiger charge is 2.41. The molecule has 3 nitrogen and oxygen atoms in total. The van der Waals surface area contributed by atoms with Crippen molar-refractivity contribution in [1.82, 2.24) is 0 Å². The second-order valence-electron chi connectivity index (χ2n) is 5.32. The van der Waals surface area contributed by atoms with Gasteiger partial charge in [-0.2, -0.15) is 0 Å². The molecule has 0 bridgehead atoms. The van der Waals surface area contributed by atoms with Gasteiger partial charge in [-0.15, -0.1) is 11.3 Å². The summed E-state index contributed by atoms with van der Waals surface area (Å²) in [6.07, 6.45) is 3.89. The number of carbonyl (C=O) groups is 1. The van der Waals surface area contributed by atoms with E-state index in [1.807, 2.05) is 17.5 Å². The number of esters is 1. The zero-order valence-corrected chi connectivity index (χ0v) is 11.7. The molecule has 0 spiro atoms. The lowest BCUT2D eigenvalue weighted by atomic mass is 9.71. The number of thiophene rings is 1. The maximum absolute atomic E-state index is 12.3. The highest BCUT2D eigenvalue weighted by molar-refractivity contribution is 7.09. The molecule has 0 radical (unpaired) electrons. The molecule has 1 aliphatic carbocycles. The van der Waals surface area contributed by atoms with E-state index in [0.717, 1.165) is 30.6 Å². The van der Waals surface area contributed by atoms with Gasteiger partial charge in [0.2, 0.25) is 0 Å². The van der Waals surface area contributed by atoms with Gasteiger partial charge >= 0.3 is 5.97 Å². The molecule has 100 valence electrons. The predicted molar refractivity (Wildman–Crippen MR) is 73.2 cm³/mol. The van der Waals surface area contributed by atoms with Crippen LogP contribution in [0.15, 0.2) is 17.5 Å². The number of carbonyl (C=O) groups excluding carboxylic acids is 1. The number of ether oxygens (including phenoxy) is 1. The maximum Gasteiger partial charge on any atom is 0.313 e. The van der Waals surface area contributed by atoms with Crippen LogP contribution in [0, 0.1) is 11.3 Å². The van der Waals surface area contributed by atoms with Gasteiger partial charge in [0.1, 0.15) is 6.61 Å². The topological polar surface area (TPSA) is 52.3 Å². The lowest BCUT2D eigenvalue weighted by Gasteiger charge is -2.36. The van der Waals surface area contributed by atoms with Crippen LogP contribution in [0.1, 0.15) is 37.5 Å². The molecule has 2 rings (SSSR count). The second-order valence-corrected chi connectivity index (χ2v) is 6.35. The molecule has 1 aliphatic rings. The van der Waals surface area contributed by atoms with Gasteiger partial charge in [0.25, 0.3) is 0 Å².